The number of benzene rings is 1. The van der Waals surface area contributed by atoms with Crippen molar-refractivity contribution in [3.05, 3.63) is 42.0 Å². The van der Waals surface area contributed by atoms with Gasteiger partial charge in [-0.2, -0.15) is 0 Å². The molecule has 0 aliphatic carbocycles. The molecule has 3 N–H and O–H groups in total. The summed E-state index contributed by atoms with van der Waals surface area (Å²) in [5, 5.41) is 0. The summed E-state index contributed by atoms with van der Waals surface area (Å²) in [5.41, 5.74) is 3.27. The SMILES string of the molecule is NNC(=O)CCCCOCC=Cc1ccccc1. The van der Waals surface area contributed by atoms with Gasteiger partial charge in [0.1, 0.15) is 0 Å². The van der Waals surface area contributed by atoms with Crippen molar-refractivity contribution >= 4 is 12.0 Å². The largest absolute Gasteiger partial charge is 0.377 e. The highest BCUT2D eigenvalue weighted by molar-refractivity contribution is 5.75. The quantitative estimate of drug-likeness (QED) is 0.319. The highest BCUT2D eigenvalue weighted by Crippen LogP contribution is 2.01. The molecule has 4 nitrogen and oxygen atoms in total. The van der Waals surface area contributed by atoms with Crippen LogP contribution in [0.25, 0.3) is 6.08 Å². The lowest BCUT2D eigenvalue weighted by atomic mass is 10.2. The van der Waals surface area contributed by atoms with E-state index in [2.05, 4.69) is 5.43 Å². The Balaban J connectivity index is 1.99. The summed E-state index contributed by atoms with van der Waals surface area (Å²) in [6.07, 6.45) is 6.14. The van der Waals surface area contributed by atoms with Gasteiger partial charge in [0.05, 0.1) is 6.61 Å². The molecule has 0 saturated carbocycles. The standard InChI is InChI=1S/C14H20N2O2/c15-16-14(17)10-4-5-11-18-12-6-9-13-7-2-1-3-8-13/h1-3,6-9H,4-5,10-12,15H2,(H,16,17). The molecule has 0 aromatic heterocycles. The van der Waals surface area contributed by atoms with Crippen LogP contribution in [0, 0.1) is 0 Å². The molecule has 0 aliphatic heterocycles. The van der Waals surface area contributed by atoms with Crippen molar-refractivity contribution in [3.63, 3.8) is 0 Å². The van der Waals surface area contributed by atoms with Crippen molar-refractivity contribution < 1.29 is 9.53 Å². The molecule has 1 aromatic rings. The fraction of sp³-hybridized carbons (Fsp3) is 0.357. The molecule has 1 rings (SSSR count). The third kappa shape index (κ3) is 6.83. The number of hydrogen-bond acceptors (Lipinski definition) is 3. The van der Waals surface area contributed by atoms with Crippen molar-refractivity contribution in [2.75, 3.05) is 13.2 Å². The Bertz CT molecular complexity index is 363. The summed E-state index contributed by atoms with van der Waals surface area (Å²) in [6, 6.07) is 10.1. The van der Waals surface area contributed by atoms with Gasteiger partial charge in [0.25, 0.3) is 0 Å². The Labute approximate surface area is 108 Å². The molecule has 0 atom stereocenters. The first-order chi connectivity index (χ1) is 8.83. The van der Waals surface area contributed by atoms with Crippen molar-refractivity contribution in [2.45, 2.75) is 19.3 Å². The summed E-state index contributed by atoms with van der Waals surface area (Å²) in [5.74, 6) is 4.84. The molecule has 4 heteroatoms. The van der Waals surface area contributed by atoms with E-state index in [0.29, 0.717) is 19.6 Å². The van der Waals surface area contributed by atoms with Crippen LogP contribution in [0.4, 0.5) is 0 Å². The van der Waals surface area contributed by atoms with Crippen LogP contribution < -0.4 is 11.3 Å². The van der Waals surface area contributed by atoms with Crippen LogP contribution in [-0.2, 0) is 9.53 Å². The van der Waals surface area contributed by atoms with E-state index in [4.69, 9.17) is 10.6 Å². The van der Waals surface area contributed by atoms with Gasteiger partial charge < -0.3 is 4.74 Å². The zero-order chi connectivity index (χ0) is 13.1. The van der Waals surface area contributed by atoms with E-state index >= 15 is 0 Å². The van der Waals surface area contributed by atoms with Gasteiger partial charge >= 0.3 is 0 Å². The van der Waals surface area contributed by atoms with E-state index in [1.165, 1.54) is 5.56 Å². The zero-order valence-corrected chi connectivity index (χ0v) is 10.5. The summed E-state index contributed by atoms with van der Waals surface area (Å²) in [4.78, 5) is 10.8. The van der Waals surface area contributed by atoms with Gasteiger partial charge in [-0.15, -0.1) is 0 Å². The van der Waals surface area contributed by atoms with Gasteiger partial charge in [0.15, 0.2) is 0 Å². The second-order valence-electron chi connectivity index (χ2n) is 3.91. The molecule has 0 aliphatic rings. The maximum atomic E-state index is 10.8. The second-order valence-corrected chi connectivity index (χ2v) is 3.91. The first-order valence-corrected chi connectivity index (χ1v) is 6.11. The molecule has 0 spiro atoms. The Morgan fingerprint density at radius 2 is 2.06 bits per heavy atom. The van der Waals surface area contributed by atoms with Crippen LogP contribution in [-0.4, -0.2) is 19.1 Å². The Morgan fingerprint density at radius 1 is 1.28 bits per heavy atom. The van der Waals surface area contributed by atoms with E-state index in [9.17, 15) is 4.79 Å². The maximum Gasteiger partial charge on any atom is 0.233 e. The molecule has 0 radical (unpaired) electrons. The molecular formula is C14H20N2O2. The number of nitrogens with two attached hydrogens (primary N) is 1. The van der Waals surface area contributed by atoms with E-state index in [1.54, 1.807) is 0 Å². The molecule has 0 saturated heterocycles. The smallest absolute Gasteiger partial charge is 0.233 e. The summed E-state index contributed by atoms with van der Waals surface area (Å²) in [6.45, 7) is 1.26. The molecule has 1 aromatic carbocycles. The molecule has 0 unspecified atom stereocenters. The lowest BCUT2D eigenvalue weighted by molar-refractivity contribution is -0.121. The van der Waals surface area contributed by atoms with Gasteiger partial charge in [0, 0.05) is 13.0 Å². The third-order valence-corrected chi connectivity index (χ3v) is 2.43. The van der Waals surface area contributed by atoms with Crippen LogP contribution >= 0.6 is 0 Å². The Morgan fingerprint density at radius 3 is 2.78 bits per heavy atom. The second kappa shape index (κ2) is 9.39. The number of hydrogen-bond donors (Lipinski definition) is 2. The van der Waals surface area contributed by atoms with Crippen molar-refractivity contribution in [1.29, 1.82) is 0 Å². The first kappa shape index (κ1) is 14.4. The van der Waals surface area contributed by atoms with Gasteiger partial charge in [-0.05, 0) is 18.4 Å². The molecule has 18 heavy (non-hydrogen) atoms. The third-order valence-electron chi connectivity index (χ3n) is 2.43. The molecule has 0 bridgehead atoms. The fourth-order valence-corrected chi connectivity index (χ4v) is 1.46. The topological polar surface area (TPSA) is 64.3 Å². The molecular weight excluding hydrogens is 228 g/mol. The zero-order valence-electron chi connectivity index (χ0n) is 10.5. The Hall–Kier alpha value is -1.65. The van der Waals surface area contributed by atoms with E-state index < -0.39 is 0 Å². The van der Waals surface area contributed by atoms with Crippen LogP contribution in [0.1, 0.15) is 24.8 Å². The van der Waals surface area contributed by atoms with E-state index in [0.717, 1.165) is 12.8 Å². The average Bonchev–Trinajstić information content (AvgIpc) is 2.42. The van der Waals surface area contributed by atoms with Crippen LogP contribution in [0.15, 0.2) is 36.4 Å². The number of unbranched alkanes of at least 4 members (excludes halogenated alkanes) is 1. The first-order valence-electron chi connectivity index (χ1n) is 6.11. The normalized spacial score (nSPS) is 10.7. The number of amides is 1. The maximum absolute atomic E-state index is 10.8. The van der Waals surface area contributed by atoms with Crippen LogP contribution in [0.2, 0.25) is 0 Å². The van der Waals surface area contributed by atoms with Crippen LogP contribution in [0.3, 0.4) is 0 Å². The number of hydrazine groups is 1. The number of rotatable bonds is 8. The number of ether oxygens (including phenoxy) is 1. The lowest BCUT2D eigenvalue weighted by Crippen LogP contribution is -2.29. The minimum atomic E-state index is -0.126. The van der Waals surface area contributed by atoms with Gasteiger partial charge in [-0.25, -0.2) is 5.84 Å². The van der Waals surface area contributed by atoms with Crippen LogP contribution in [0.5, 0.6) is 0 Å². The highest BCUT2D eigenvalue weighted by Gasteiger charge is 1.96. The van der Waals surface area contributed by atoms with E-state index in [1.807, 2.05) is 42.5 Å². The minimum Gasteiger partial charge on any atom is -0.377 e. The number of carbonyl (C=O) groups excluding carboxylic acids is 1. The molecule has 1 amide bonds. The minimum absolute atomic E-state index is 0.126. The van der Waals surface area contributed by atoms with Gasteiger partial charge in [0.2, 0.25) is 5.91 Å². The van der Waals surface area contributed by atoms with Crippen molar-refractivity contribution in [1.82, 2.24) is 5.43 Å². The molecule has 98 valence electrons. The van der Waals surface area contributed by atoms with Crippen molar-refractivity contribution in [2.24, 2.45) is 5.84 Å². The predicted octanol–water partition coefficient (Wildman–Crippen LogP) is 1.88. The van der Waals surface area contributed by atoms with E-state index in [-0.39, 0.29) is 5.91 Å². The van der Waals surface area contributed by atoms with Gasteiger partial charge in [-0.3, -0.25) is 10.2 Å². The fourth-order valence-electron chi connectivity index (χ4n) is 1.46. The summed E-state index contributed by atoms with van der Waals surface area (Å²) < 4.78 is 5.42. The number of carbonyl (C=O) groups is 1. The van der Waals surface area contributed by atoms with Crippen molar-refractivity contribution in [3.8, 4) is 0 Å². The predicted molar refractivity (Wildman–Crippen MR) is 72.5 cm³/mol. The monoisotopic (exact) mass is 248 g/mol. The highest BCUT2D eigenvalue weighted by atomic mass is 16.5. The average molecular weight is 248 g/mol. The van der Waals surface area contributed by atoms with Gasteiger partial charge in [-0.1, -0.05) is 42.5 Å². The number of nitrogens with one attached hydrogen (secondary N) is 1. The lowest BCUT2D eigenvalue weighted by Gasteiger charge is -2.01. The molecule has 0 fully saturated rings. The Kier molecular flexibility index (Phi) is 7.52. The summed E-state index contributed by atoms with van der Waals surface area (Å²) >= 11 is 0. The summed E-state index contributed by atoms with van der Waals surface area (Å²) in [7, 11) is 0. The molecule has 0 heterocycles.